The van der Waals surface area contributed by atoms with Gasteiger partial charge in [-0.3, -0.25) is 0 Å². The summed E-state index contributed by atoms with van der Waals surface area (Å²) in [5.74, 6) is 0. The molecule has 108 valence electrons. The molecule has 0 N–H and O–H groups in total. The molecule has 0 spiro atoms. The number of allylic oxidation sites excluding steroid dienone is 1. The summed E-state index contributed by atoms with van der Waals surface area (Å²) >= 11 is 0. The molecule has 0 aliphatic rings. The van der Waals surface area contributed by atoms with Crippen molar-refractivity contribution in [1.82, 2.24) is 0 Å². The van der Waals surface area contributed by atoms with Crippen molar-refractivity contribution in [3.63, 3.8) is 0 Å². The van der Waals surface area contributed by atoms with E-state index in [1.165, 1.54) is 27.8 Å². The van der Waals surface area contributed by atoms with Gasteiger partial charge in [-0.05, 0) is 41.7 Å². The Morgan fingerprint density at radius 3 is 2.27 bits per heavy atom. The molecule has 22 heavy (non-hydrogen) atoms. The van der Waals surface area contributed by atoms with Crippen LogP contribution < -0.4 is 0 Å². The molecule has 3 aromatic carbocycles. The fourth-order valence-electron chi connectivity index (χ4n) is 2.51. The molecular formula is C22H20. The molecule has 0 bridgehead atoms. The quantitative estimate of drug-likeness (QED) is 0.558. The van der Waals surface area contributed by atoms with Crippen LogP contribution in [0.15, 0.2) is 84.9 Å². The molecule has 0 aliphatic heterocycles. The van der Waals surface area contributed by atoms with Crippen molar-refractivity contribution >= 4 is 6.08 Å². The van der Waals surface area contributed by atoms with Crippen LogP contribution in [0.1, 0.15) is 16.7 Å². The first-order valence-electron chi connectivity index (χ1n) is 7.69. The Morgan fingerprint density at radius 2 is 1.50 bits per heavy atom. The van der Waals surface area contributed by atoms with E-state index in [1.807, 2.05) is 0 Å². The molecule has 0 unspecified atom stereocenters. The molecule has 0 saturated carbocycles. The average Bonchev–Trinajstić information content (AvgIpc) is 2.57. The Balaban J connectivity index is 1.75. The van der Waals surface area contributed by atoms with Crippen LogP contribution in [0.2, 0.25) is 0 Å². The van der Waals surface area contributed by atoms with Gasteiger partial charge in [-0.25, -0.2) is 0 Å². The van der Waals surface area contributed by atoms with E-state index in [0.717, 1.165) is 6.42 Å². The third kappa shape index (κ3) is 3.73. The Labute approximate surface area is 132 Å². The zero-order valence-electron chi connectivity index (χ0n) is 12.9. The van der Waals surface area contributed by atoms with Crippen LogP contribution in [0, 0.1) is 6.92 Å². The van der Waals surface area contributed by atoms with Crippen molar-refractivity contribution in [2.75, 3.05) is 0 Å². The molecule has 0 amide bonds. The Bertz CT molecular complexity index is 750. The Morgan fingerprint density at radius 1 is 0.727 bits per heavy atom. The van der Waals surface area contributed by atoms with Gasteiger partial charge in [-0.2, -0.15) is 0 Å². The summed E-state index contributed by atoms with van der Waals surface area (Å²) in [6.45, 7) is 2.12. The topological polar surface area (TPSA) is 0 Å². The van der Waals surface area contributed by atoms with Crippen molar-refractivity contribution in [3.8, 4) is 11.1 Å². The minimum Gasteiger partial charge on any atom is -0.0795 e. The van der Waals surface area contributed by atoms with Crippen LogP contribution in [-0.4, -0.2) is 0 Å². The zero-order chi connectivity index (χ0) is 15.2. The van der Waals surface area contributed by atoms with Crippen molar-refractivity contribution in [3.05, 3.63) is 102 Å². The Kier molecular flexibility index (Phi) is 4.50. The number of hydrogen-bond acceptors (Lipinski definition) is 0. The number of aryl methyl sites for hydroxylation is 1. The smallest absolute Gasteiger partial charge is 0.00941 e. The summed E-state index contributed by atoms with van der Waals surface area (Å²) in [4.78, 5) is 0. The maximum absolute atomic E-state index is 2.24. The lowest BCUT2D eigenvalue weighted by atomic mass is 10.0. The molecule has 3 rings (SSSR count). The third-order valence-corrected chi connectivity index (χ3v) is 3.78. The summed E-state index contributed by atoms with van der Waals surface area (Å²) in [6.07, 6.45) is 5.39. The first kappa shape index (κ1) is 14.3. The summed E-state index contributed by atoms with van der Waals surface area (Å²) in [6, 6.07) is 27.9. The summed E-state index contributed by atoms with van der Waals surface area (Å²) < 4.78 is 0. The molecule has 0 aliphatic carbocycles. The second-order valence-corrected chi connectivity index (χ2v) is 5.58. The predicted octanol–water partition coefficient (Wildman–Crippen LogP) is 5.92. The average molecular weight is 284 g/mol. The van der Waals surface area contributed by atoms with E-state index in [0.29, 0.717) is 0 Å². The van der Waals surface area contributed by atoms with Gasteiger partial charge in [0, 0.05) is 0 Å². The number of rotatable bonds is 4. The maximum atomic E-state index is 2.24. The second-order valence-electron chi connectivity index (χ2n) is 5.58. The van der Waals surface area contributed by atoms with Crippen molar-refractivity contribution < 1.29 is 0 Å². The van der Waals surface area contributed by atoms with Crippen molar-refractivity contribution in [2.24, 2.45) is 0 Å². The van der Waals surface area contributed by atoms with Crippen molar-refractivity contribution in [1.29, 1.82) is 0 Å². The molecule has 0 atom stereocenters. The Hall–Kier alpha value is -2.60. The standard InChI is InChI=1S/C22H20/c1-18-13-15-21(16-14-18)22-12-6-11-20(17-22)10-5-9-19-7-3-2-4-8-19/h2-8,10-17H,9H2,1H3/b10-5+. The fraction of sp³-hybridized carbons (Fsp3) is 0.0909. The lowest BCUT2D eigenvalue weighted by molar-refractivity contribution is 1.28. The molecular weight excluding hydrogens is 264 g/mol. The lowest BCUT2D eigenvalue weighted by Crippen LogP contribution is -1.81. The van der Waals surface area contributed by atoms with Gasteiger partial charge in [0.2, 0.25) is 0 Å². The third-order valence-electron chi connectivity index (χ3n) is 3.78. The van der Waals surface area contributed by atoms with Gasteiger partial charge in [-0.15, -0.1) is 0 Å². The predicted molar refractivity (Wildman–Crippen MR) is 95.8 cm³/mol. The summed E-state index contributed by atoms with van der Waals surface area (Å²) in [7, 11) is 0. The SMILES string of the molecule is Cc1ccc(-c2cccc(/C=C/Cc3ccccc3)c2)cc1. The van der Waals surface area contributed by atoms with Gasteiger partial charge >= 0.3 is 0 Å². The molecule has 3 aromatic rings. The highest BCUT2D eigenvalue weighted by Gasteiger charge is 1.97. The van der Waals surface area contributed by atoms with E-state index in [4.69, 9.17) is 0 Å². The van der Waals surface area contributed by atoms with Gasteiger partial charge in [0.25, 0.3) is 0 Å². The van der Waals surface area contributed by atoms with Gasteiger partial charge in [0.05, 0.1) is 0 Å². The van der Waals surface area contributed by atoms with Gasteiger partial charge in [0.1, 0.15) is 0 Å². The highest BCUT2D eigenvalue weighted by atomic mass is 14.0. The van der Waals surface area contributed by atoms with Crippen molar-refractivity contribution in [2.45, 2.75) is 13.3 Å². The monoisotopic (exact) mass is 284 g/mol. The minimum absolute atomic E-state index is 0.968. The summed E-state index contributed by atoms with van der Waals surface area (Å²) in [5, 5.41) is 0. The minimum atomic E-state index is 0.968. The van der Waals surface area contributed by atoms with Crippen LogP contribution in [0.4, 0.5) is 0 Å². The molecule has 0 nitrogen and oxygen atoms in total. The van der Waals surface area contributed by atoms with E-state index in [2.05, 4.69) is 97.9 Å². The lowest BCUT2D eigenvalue weighted by Gasteiger charge is -2.04. The van der Waals surface area contributed by atoms with Crippen LogP contribution in [0.25, 0.3) is 17.2 Å². The number of benzene rings is 3. The fourth-order valence-corrected chi connectivity index (χ4v) is 2.51. The normalized spacial score (nSPS) is 11.0. The van der Waals surface area contributed by atoms with E-state index in [-0.39, 0.29) is 0 Å². The van der Waals surface area contributed by atoms with Gasteiger partial charge < -0.3 is 0 Å². The number of hydrogen-bond donors (Lipinski definition) is 0. The van der Waals surface area contributed by atoms with Gasteiger partial charge in [0.15, 0.2) is 0 Å². The van der Waals surface area contributed by atoms with Crippen LogP contribution in [0.3, 0.4) is 0 Å². The zero-order valence-corrected chi connectivity index (χ0v) is 12.9. The van der Waals surface area contributed by atoms with Crippen LogP contribution in [-0.2, 0) is 6.42 Å². The first-order valence-corrected chi connectivity index (χ1v) is 7.69. The van der Waals surface area contributed by atoms with Crippen LogP contribution in [0.5, 0.6) is 0 Å². The molecule has 0 heterocycles. The highest BCUT2D eigenvalue weighted by molar-refractivity contribution is 5.67. The molecule has 0 radical (unpaired) electrons. The maximum Gasteiger partial charge on any atom is -0.00941 e. The van der Waals surface area contributed by atoms with E-state index in [1.54, 1.807) is 0 Å². The van der Waals surface area contributed by atoms with E-state index >= 15 is 0 Å². The van der Waals surface area contributed by atoms with Crippen LogP contribution >= 0.6 is 0 Å². The van der Waals surface area contributed by atoms with E-state index in [9.17, 15) is 0 Å². The summed E-state index contributed by atoms with van der Waals surface area (Å²) in [5.41, 5.74) is 6.41. The first-order chi connectivity index (χ1) is 10.8. The second kappa shape index (κ2) is 6.91. The van der Waals surface area contributed by atoms with E-state index < -0.39 is 0 Å². The molecule has 0 fully saturated rings. The highest BCUT2D eigenvalue weighted by Crippen LogP contribution is 2.21. The molecule has 0 saturated heterocycles. The van der Waals surface area contributed by atoms with Gasteiger partial charge in [-0.1, -0.05) is 90.5 Å². The molecule has 0 aromatic heterocycles. The molecule has 0 heteroatoms. The largest absolute Gasteiger partial charge is 0.0795 e.